The van der Waals surface area contributed by atoms with Gasteiger partial charge in [-0.1, -0.05) is 0 Å². The van der Waals surface area contributed by atoms with Crippen LogP contribution >= 0.6 is 11.3 Å². The Morgan fingerprint density at radius 1 is 1.38 bits per heavy atom. The third-order valence-electron chi connectivity index (χ3n) is 3.60. The minimum atomic E-state index is 0.119. The maximum Gasteiger partial charge on any atom is 0.0897 e. The van der Waals surface area contributed by atoms with Crippen LogP contribution in [0.4, 0.5) is 0 Å². The van der Waals surface area contributed by atoms with Crippen molar-refractivity contribution >= 4 is 11.3 Å². The second-order valence-corrected chi connectivity index (χ2v) is 5.55. The molecule has 70 valence electrons. The number of nitrogens with zero attached hydrogens (tertiary/aromatic N) is 1. The highest BCUT2D eigenvalue weighted by molar-refractivity contribution is 7.09. The van der Waals surface area contributed by atoms with Crippen molar-refractivity contribution in [1.82, 2.24) is 4.98 Å². The Bertz CT molecular complexity index is 348. The van der Waals surface area contributed by atoms with Gasteiger partial charge in [0.05, 0.1) is 10.7 Å². The second-order valence-electron chi connectivity index (χ2n) is 4.49. The Labute approximate surface area is 82.2 Å². The number of thiazole rings is 1. The van der Waals surface area contributed by atoms with Gasteiger partial charge in [0, 0.05) is 16.3 Å². The van der Waals surface area contributed by atoms with Gasteiger partial charge in [-0.05, 0) is 32.6 Å². The first-order valence-electron chi connectivity index (χ1n) is 4.88. The predicted octanol–water partition coefficient (Wildman–Crippen LogP) is 1.97. The van der Waals surface area contributed by atoms with E-state index in [9.17, 15) is 0 Å². The van der Waals surface area contributed by atoms with Crippen molar-refractivity contribution in [3.05, 3.63) is 16.1 Å². The maximum absolute atomic E-state index is 6.29. The molecule has 1 aromatic heterocycles. The van der Waals surface area contributed by atoms with Gasteiger partial charge in [0.25, 0.3) is 0 Å². The molecule has 3 heteroatoms. The molecule has 2 nitrogen and oxygen atoms in total. The molecule has 0 aliphatic heterocycles. The summed E-state index contributed by atoms with van der Waals surface area (Å²) in [6, 6.07) is 0. The third-order valence-corrected chi connectivity index (χ3v) is 4.37. The maximum atomic E-state index is 6.29. The molecule has 0 spiro atoms. The molecule has 0 atom stereocenters. The van der Waals surface area contributed by atoms with E-state index in [0.717, 1.165) is 0 Å². The van der Waals surface area contributed by atoms with Crippen molar-refractivity contribution in [3.63, 3.8) is 0 Å². The van der Waals surface area contributed by atoms with Crippen LogP contribution in [-0.2, 0) is 5.41 Å². The normalized spacial score (nSPS) is 27.2. The molecule has 0 bridgehead atoms. The van der Waals surface area contributed by atoms with Gasteiger partial charge < -0.3 is 5.73 Å². The van der Waals surface area contributed by atoms with Crippen LogP contribution in [0.15, 0.2) is 5.38 Å². The number of rotatable bonds is 2. The lowest BCUT2D eigenvalue weighted by atomic mass is 9.91. The Kier molecular flexibility index (Phi) is 1.31. The van der Waals surface area contributed by atoms with Gasteiger partial charge in [0.2, 0.25) is 0 Å². The van der Waals surface area contributed by atoms with Crippen LogP contribution in [0.2, 0.25) is 0 Å². The largest absolute Gasteiger partial charge is 0.324 e. The highest BCUT2D eigenvalue weighted by Crippen LogP contribution is 2.63. The van der Waals surface area contributed by atoms with E-state index in [1.807, 2.05) is 0 Å². The molecule has 0 aromatic carbocycles. The summed E-state index contributed by atoms with van der Waals surface area (Å²) in [4.78, 5) is 4.59. The minimum Gasteiger partial charge on any atom is -0.324 e. The molecule has 0 unspecified atom stereocenters. The first-order valence-corrected chi connectivity index (χ1v) is 5.76. The fraction of sp³-hybridized carbons (Fsp3) is 0.700. The molecular formula is C10H14N2S. The Hall–Kier alpha value is -0.410. The predicted molar refractivity (Wildman–Crippen MR) is 53.9 cm³/mol. The monoisotopic (exact) mass is 194 g/mol. The molecule has 13 heavy (non-hydrogen) atoms. The molecule has 2 aliphatic carbocycles. The van der Waals surface area contributed by atoms with Crippen LogP contribution in [0.25, 0.3) is 0 Å². The lowest BCUT2D eigenvalue weighted by Crippen LogP contribution is -2.37. The van der Waals surface area contributed by atoms with Gasteiger partial charge in [-0.2, -0.15) is 0 Å². The van der Waals surface area contributed by atoms with Crippen LogP contribution in [0.3, 0.4) is 0 Å². The fourth-order valence-electron chi connectivity index (χ4n) is 2.33. The zero-order valence-corrected chi connectivity index (χ0v) is 8.66. The lowest BCUT2D eigenvalue weighted by molar-refractivity contribution is 0.493. The highest BCUT2D eigenvalue weighted by Gasteiger charge is 2.65. The first-order chi connectivity index (χ1) is 6.16. The summed E-state index contributed by atoms with van der Waals surface area (Å²) < 4.78 is 0. The van der Waals surface area contributed by atoms with E-state index in [4.69, 9.17) is 5.73 Å². The van der Waals surface area contributed by atoms with Crippen molar-refractivity contribution < 1.29 is 0 Å². The topological polar surface area (TPSA) is 38.9 Å². The molecule has 1 aromatic rings. The van der Waals surface area contributed by atoms with Gasteiger partial charge in [0.15, 0.2) is 0 Å². The lowest BCUT2D eigenvalue weighted by Gasteiger charge is -2.20. The van der Waals surface area contributed by atoms with Gasteiger partial charge in [0.1, 0.15) is 0 Å². The standard InChI is InChI=1S/C10H14N2S/c1-7-12-8(6-13-7)9(2-3-9)10(11)4-5-10/h6H,2-5,11H2,1H3. The number of nitrogens with two attached hydrogens (primary N) is 1. The zero-order valence-electron chi connectivity index (χ0n) is 7.84. The van der Waals surface area contributed by atoms with E-state index in [2.05, 4.69) is 17.3 Å². The van der Waals surface area contributed by atoms with E-state index in [1.54, 1.807) is 11.3 Å². The van der Waals surface area contributed by atoms with Crippen LogP contribution in [0.5, 0.6) is 0 Å². The van der Waals surface area contributed by atoms with E-state index in [-0.39, 0.29) is 11.0 Å². The average Bonchev–Trinajstić information content (AvgIpc) is 2.97. The van der Waals surface area contributed by atoms with Gasteiger partial charge >= 0.3 is 0 Å². The molecule has 2 N–H and O–H groups in total. The molecule has 2 saturated carbocycles. The third kappa shape index (κ3) is 0.945. The molecular weight excluding hydrogens is 180 g/mol. The summed E-state index contributed by atoms with van der Waals surface area (Å²) in [6.07, 6.45) is 4.91. The smallest absolute Gasteiger partial charge is 0.0897 e. The van der Waals surface area contributed by atoms with Crippen molar-refractivity contribution in [2.75, 3.05) is 0 Å². The molecule has 3 rings (SSSR count). The first kappa shape index (κ1) is 7.94. The summed E-state index contributed by atoms with van der Waals surface area (Å²) in [5.41, 5.74) is 7.97. The van der Waals surface area contributed by atoms with Crippen molar-refractivity contribution in [2.24, 2.45) is 5.73 Å². The van der Waals surface area contributed by atoms with Gasteiger partial charge in [-0.3, -0.25) is 0 Å². The molecule has 2 fully saturated rings. The van der Waals surface area contributed by atoms with Crippen LogP contribution in [0.1, 0.15) is 36.4 Å². The summed E-state index contributed by atoms with van der Waals surface area (Å²) in [6.45, 7) is 2.07. The Balaban J connectivity index is 2.00. The molecule has 2 aliphatic rings. The van der Waals surface area contributed by atoms with Gasteiger partial charge in [-0.15, -0.1) is 11.3 Å². The summed E-state index contributed by atoms with van der Waals surface area (Å²) in [5, 5.41) is 3.38. The van der Waals surface area contributed by atoms with Crippen LogP contribution in [0, 0.1) is 6.92 Å². The number of aromatic nitrogens is 1. The van der Waals surface area contributed by atoms with Crippen molar-refractivity contribution in [1.29, 1.82) is 0 Å². The van der Waals surface area contributed by atoms with E-state index in [1.165, 1.54) is 36.4 Å². The summed E-state index contributed by atoms with van der Waals surface area (Å²) in [7, 11) is 0. The second kappa shape index (κ2) is 2.15. The average molecular weight is 194 g/mol. The zero-order chi connectivity index (χ0) is 9.10. The van der Waals surface area contributed by atoms with Gasteiger partial charge in [-0.25, -0.2) is 4.98 Å². The number of hydrogen-bond acceptors (Lipinski definition) is 3. The molecule has 0 amide bonds. The summed E-state index contributed by atoms with van der Waals surface area (Å²) >= 11 is 1.75. The SMILES string of the molecule is Cc1nc(C2(C3(N)CC3)CC2)cs1. The minimum absolute atomic E-state index is 0.119. The van der Waals surface area contributed by atoms with Crippen LogP contribution in [-0.4, -0.2) is 10.5 Å². The van der Waals surface area contributed by atoms with Crippen LogP contribution < -0.4 is 5.73 Å². The van der Waals surface area contributed by atoms with E-state index in [0.29, 0.717) is 0 Å². The number of aryl methyl sites for hydroxylation is 1. The fourth-order valence-corrected chi connectivity index (χ4v) is 3.04. The molecule has 0 radical (unpaired) electrons. The Morgan fingerprint density at radius 2 is 2.08 bits per heavy atom. The summed E-state index contributed by atoms with van der Waals surface area (Å²) in [5.74, 6) is 0. The molecule has 0 saturated heterocycles. The highest BCUT2D eigenvalue weighted by atomic mass is 32.1. The van der Waals surface area contributed by atoms with E-state index >= 15 is 0 Å². The molecule has 1 heterocycles. The van der Waals surface area contributed by atoms with Crippen molar-refractivity contribution in [2.45, 2.75) is 43.6 Å². The van der Waals surface area contributed by atoms with Crippen molar-refractivity contribution in [3.8, 4) is 0 Å². The number of hydrogen-bond donors (Lipinski definition) is 1. The Morgan fingerprint density at radius 3 is 2.46 bits per heavy atom. The van der Waals surface area contributed by atoms with E-state index < -0.39 is 0 Å². The quantitative estimate of drug-likeness (QED) is 0.781.